The highest BCUT2D eigenvalue weighted by atomic mass is 32.1. The number of hydrogen-bond acceptors (Lipinski definition) is 3. The van der Waals surface area contributed by atoms with Crippen molar-refractivity contribution in [2.45, 2.75) is 6.92 Å². The van der Waals surface area contributed by atoms with Gasteiger partial charge in [-0.05, 0) is 36.8 Å². The third-order valence-corrected chi connectivity index (χ3v) is 3.13. The minimum Gasteiger partial charge on any atom is -0.395 e. The fourth-order valence-electron chi connectivity index (χ4n) is 1.88. The van der Waals surface area contributed by atoms with Crippen molar-refractivity contribution in [3.05, 3.63) is 29.8 Å². The first-order chi connectivity index (χ1) is 8.20. The van der Waals surface area contributed by atoms with Crippen molar-refractivity contribution in [3.8, 4) is 0 Å². The normalized spacial score (nSPS) is 17.1. The fourth-order valence-corrected chi connectivity index (χ4v) is 2.10. The molecule has 1 heterocycles. The Morgan fingerprint density at radius 2 is 2.29 bits per heavy atom. The second kappa shape index (κ2) is 5.44. The standard InChI is InChI=1S/C12H17N3OS/c1-10-3-2-4-11(7-10)15-9-14(5-6-16)8-13-12(15)17/h2-4,7,16H,5-6,8-9H2,1H3,(H,13,17). The number of rotatable bonds is 3. The molecular weight excluding hydrogens is 234 g/mol. The van der Waals surface area contributed by atoms with Gasteiger partial charge in [-0.1, -0.05) is 12.1 Å². The summed E-state index contributed by atoms with van der Waals surface area (Å²) in [5.41, 5.74) is 2.30. The van der Waals surface area contributed by atoms with Crippen LogP contribution >= 0.6 is 12.2 Å². The average Bonchev–Trinajstić information content (AvgIpc) is 2.32. The molecule has 0 aliphatic carbocycles. The maximum absolute atomic E-state index is 8.96. The van der Waals surface area contributed by atoms with Crippen LogP contribution in [0.4, 0.5) is 5.69 Å². The van der Waals surface area contributed by atoms with E-state index in [1.807, 2.05) is 17.0 Å². The molecule has 17 heavy (non-hydrogen) atoms. The van der Waals surface area contributed by atoms with E-state index in [1.165, 1.54) is 5.56 Å². The first kappa shape index (κ1) is 12.3. The molecule has 1 fully saturated rings. The first-order valence-corrected chi connectivity index (χ1v) is 6.07. The predicted molar refractivity (Wildman–Crippen MR) is 72.9 cm³/mol. The third-order valence-electron chi connectivity index (χ3n) is 2.77. The van der Waals surface area contributed by atoms with Crippen LogP contribution in [0, 0.1) is 6.92 Å². The highest BCUT2D eigenvalue weighted by Gasteiger charge is 2.21. The van der Waals surface area contributed by atoms with Gasteiger partial charge in [0.1, 0.15) is 0 Å². The van der Waals surface area contributed by atoms with Crippen LogP contribution in [0.15, 0.2) is 24.3 Å². The Balaban J connectivity index is 2.15. The van der Waals surface area contributed by atoms with E-state index in [-0.39, 0.29) is 6.61 Å². The van der Waals surface area contributed by atoms with Gasteiger partial charge in [0.05, 0.1) is 19.9 Å². The van der Waals surface area contributed by atoms with Crippen LogP contribution in [0.3, 0.4) is 0 Å². The van der Waals surface area contributed by atoms with Crippen LogP contribution in [0.5, 0.6) is 0 Å². The maximum atomic E-state index is 8.96. The maximum Gasteiger partial charge on any atom is 0.175 e. The highest BCUT2D eigenvalue weighted by molar-refractivity contribution is 7.80. The van der Waals surface area contributed by atoms with E-state index in [0.29, 0.717) is 13.2 Å². The van der Waals surface area contributed by atoms with E-state index >= 15 is 0 Å². The van der Waals surface area contributed by atoms with Crippen LogP contribution in [0.2, 0.25) is 0 Å². The highest BCUT2D eigenvalue weighted by Crippen LogP contribution is 2.18. The molecule has 1 aromatic carbocycles. The molecule has 0 amide bonds. The van der Waals surface area contributed by atoms with E-state index in [2.05, 4.69) is 29.3 Å². The molecule has 5 heteroatoms. The van der Waals surface area contributed by atoms with Crippen molar-refractivity contribution in [2.75, 3.05) is 31.4 Å². The number of aliphatic hydroxyl groups is 1. The fraction of sp³-hybridized carbons (Fsp3) is 0.417. The molecule has 0 bridgehead atoms. The lowest BCUT2D eigenvalue weighted by Gasteiger charge is -2.37. The summed E-state index contributed by atoms with van der Waals surface area (Å²) >= 11 is 5.32. The van der Waals surface area contributed by atoms with Gasteiger partial charge in [0, 0.05) is 12.2 Å². The summed E-state index contributed by atoms with van der Waals surface area (Å²) in [5, 5.41) is 12.9. The summed E-state index contributed by atoms with van der Waals surface area (Å²) in [5.74, 6) is 0. The number of nitrogens with one attached hydrogen (secondary N) is 1. The molecule has 2 rings (SSSR count). The van der Waals surface area contributed by atoms with Gasteiger partial charge >= 0.3 is 0 Å². The van der Waals surface area contributed by atoms with E-state index in [1.54, 1.807) is 0 Å². The molecule has 1 saturated heterocycles. The summed E-state index contributed by atoms with van der Waals surface area (Å²) in [7, 11) is 0. The van der Waals surface area contributed by atoms with Gasteiger partial charge in [0.25, 0.3) is 0 Å². The van der Waals surface area contributed by atoms with E-state index in [4.69, 9.17) is 17.3 Å². The second-order valence-corrected chi connectivity index (χ2v) is 4.55. The third kappa shape index (κ3) is 2.94. The van der Waals surface area contributed by atoms with Gasteiger partial charge in [0.15, 0.2) is 5.11 Å². The van der Waals surface area contributed by atoms with Gasteiger partial charge in [-0.15, -0.1) is 0 Å². The number of β-amino-alcohol motifs (C(OH)–C–C–N with tert-alkyl or cyclic N) is 1. The Bertz CT molecular complexity index is 410. The quantitative estimate of drug-likeness (QED) is 0.781. The van der Waals surface area contributed by atoms with Crippen molar-refractivity contribution >= 4 is 23.0 Å². The number of thiocarbonyl (C=S) groups is 1. The zero-order valence-corrected chi connectivity index (χ0v) is 10.7. The Labute approximate surface area is 107 Å². The zero-order valence-electron chi connectivity index (χ0n) is 9.89. The number of nitrogens with zero attached hydrogens (tertiary/aromatic N) is 2. The molecule has 0 aromatic heterocycles. The minimum atomic E-state index is 0.163. The monoisotopic (exact) mass is 251 g/mol. The van der Waals surface area contributed by atoms with Crippen molar-refractivity contribution < 1.29 is 5.11 Å². The molecule has 92 valence electrons. The molecule has 0 unspecified atom stereocenters. The van der Waals surface area contributed by atoms with E-state index in [9.17, 15) is 0 Å². The Hall–Kier alpha value is -1.17. The van der Waals surface area contributed by atoms with Crippen LogP contribution in [0.1, 0.15) is 5.56 Å². The van der Waals surface area contributed by atoms with E-state index in [0.717, 1.165) is 17.5 Å². The van der Waals surface area contributed by atoms with Crippen LogP contribution in [-0.2, 0) is 0 Å². The van der Waals surface area contributed by atoms with Gasteiger partial charge in [0.2, 0.25) is 0 Å². The lowest BCUT2D eigenvalue weighted by molar-refractivity contribution is 0.189. The molecule has 1 aliphatic rings. The number of aliphatic hydroxyl groups excluding tert-OH is 1. The van der Waals surface area contributed by atoms with Crippen molar-refractivity contribution in [3.63, 3.8) is 0 Å². The van der Waals surface area contributed by atoms with Crippen LogP contribution in [-0.4, -0.2) is 41.6 Å². The largest absolute Gasteiger partial charge is 0.395 e. The van der Waals surface area contributed by atoms with Gasteiger partial charge in [-0.25, -0.2) is 0 Å². The Kier molecular flexibility index (Phi) is 3.93. The summed E-state index contributed by atoms with van der Waals surface area (Å²) in [4.78, 5) is 4.15. The molecule has 0 atom stereocenters. The zero-order chi connectivity index (χ0) is 12.3. The second-order valence-electron chi connectivity index (χ2n) is 4.17. The lowest BCUT2D eigenvalue weighted by atomic mass is 10.2. The topological polar surface area (TPSA) is 38.7 Å². The van der Waals surface area contributed by atoms with Crippen LogP contribution < -0.4 is 10.2 Å². The number of aryl methyl sites for hydroxylation is 1. The summed E-state index contributed by atoms with van der Waals surface area (Å²) in [6, 6.07) is 8.24. The molecule has 2 N–H and O–H groups in total. The molecule has 1 aromatic rings. The molecule has 0 saturated carbocycles. The minimum absolute atomic E-state index is 0.163. The summed E-state index contributed by atoms with van der Waals surface area (Å²) < 4.78 is 0. The molecule has 1 aliphatic heterocycles. The van der Waals surface area contributed by atoms with Crippen LogP contribution in [0.25, 0.3) is 0 Å². The van der Waals surface area contributed by atoms with Gasteiger partial charge < -0.3 is 15.3 Å². The molecule has 0 spiro atoms. The SMILES string of the molecule is Cc1cccc(N2CN(CCO)CNC2=S)c1. The average molecular weight is 251 g/mol. The Morgan fingerprint density at radius 1 is 1.47 bits per heavy atom. The molecular formula is C12H17N3OS. The van der Waals surface area contributed by atoms with E-state index < -0.39 is 0 Å². The van der Waals surface area contributed by atoms with Crippen molar-refractivity contribution in [1.29, 1.82) is 0 Å². The lowest BCUT2D eigenvalue weighted by Crippen LogP contribution is -2.56. The predicted octanol–water partition coefficient (Wildman–Crippen LogP) is 0.899. The number of anilines is 1. The van der Waals surface area contributed by atoms with Crippen molar-refractivity contribution in [2.24, 2.45) is 0 Å². The number of hydrogen-bond donors (Lipinski definition) is 2. The molecule has 0 radical (unpaired) electrons. The summed E-state index contributed by atoms with van der Waals surface area (Å²) in [6.07, 6.45) is 0. The van der Waals surface area contributed by atoms with Crippen molar-refractivity contribution in [1.82, 2.24) is 10.2 Å². The summed E-state index contributed by atoms with van der Waals surface area (Å²) in [6.45, 7) is 4.29. The van der Waals surface area contributed by atoms with Gasteiger partial charge in [-0.2, -0.15) is 0 Å². The van der Waals surface area contributed by atoms with Gasteiger partial charge in [-0.3, -0.25) is 4.90 Å². The molecule has 4 nitrogen and oxygen atoms in total. The smallest absolute Gasteiger partial charge is 0.175 e. The first-order valence-electron chi connectivity index (χ1n) is 5.66. The number of benzene rings is 1. The Morgan fingerprint density at radius 3 is 3.00 bits per heavy atom.